The summed E-state index contributed by atoms with van der Waals surface area (Å²) >= 11 is 0. The van der Waals surface area contributed by atoms with Crippen molar-refractivity contribution in [3.05, 3.63) is 71.8 Å². The van der Waals surface area contributed by atoms with Crippen LogP contribution in [-0.4, -0.2) is 23.7 Å². The summed E-state index contributed by atoms with van der Waals surface area (Å²) in [6, 6.07) is 17.0. The molecule has 0 aliphatic heterocycles. The summed E-state index contributed by atoms with van der Waals surface area (Å²) in [6.45, 7) is 6.94. The molecule has 3 rings (SSSR count). The normalized spacial score (nSPS) is 10.3. The van der Waals surface area contributed by atoms with Crippen LogP contribution in [0, 0.1) is 0 Å². The zero-order valence-electron chi connectivity index (χ0n) is 20.5. The van der Waals surface area contributed by atoms with Crippen LogP contribution in [0.3, 0.4) is 0 Å². The van der Waals surface area contributed by atoms with Gasteiger partial charge in [0, 0.05) is 0 Å². The molecule has 3 aromatic rings. The molecule has 5 heteroatoms. The molecule has 0 heterocycles. The van der Waals surface area contributed by atoms with Crippen molar-refractivity contribution >= 4 is 22.7 Å². The fourth-order valence-corrected chi connectivity index (χ4v) is 3.52. The number of hydrogen-bond acceptors (Lipinski definition) is 4. The third-order valence-corrected chi connectivity index (χ3v) is 5.38. The summed E-state index contributed by atoms with van der Waals surface area (Å²) in [4.78, 5) is 23.4. The summed E-state index contributed by atoms with van der Waals surface area (Å²) in [7, 11) is 0. The summed E-state index contributed by atoms with van der Waals surface area (Å²) in [5, 5.41) is 10.9. The van der Waals surface area contributed by atoms with Gasteiger partial charge in [0.2, 0.25) is 0 Å². The molecule has 0 aliphatic rings. The first-order valence-corrected chi connectivity index (χ1v) is 12.3. The molecule has 34 heavy (non-hydrogen) atoms. The standard InChI is InChI=1S/C27H30O5.C2H6/c1-2-3-4-5-6-7-8-17-31-25-16-13-21-18-23(10-9-22(21)19-25)27(30)32-24-14-11-20(12-15-24)26(28)29;1-2/h9-16,18-19H,2-8,17H2,1H3,(H,28,29);1-2H3. The monoisotopic (exact) mass is 464 g/mol. The van der Waals surface area contributed by atoms with Crippen LogP contribution in [0.25, 0.3) is 10.8 Å². The molecular weight excluding hydrogens is 428 g/mol. The number of carboxylic acids is 1. The molecule has 0 saturated heterocycles. The number of aromatic carboxylic acids is 1. The van der Waals surface area contributed by atoms with Gasteiger partial charge >= 0.3 is 11.9 Å². The van der Waals surface area contributed by atoms with Crippen molar-refractivity contribution in [3.8, 4) is 11.5 Å². The number of carboxylic acid groups (broad SMARTS) is 1. The Morgan fingerprint density at radius 3 is 1.94 bits per heavy atom. The van der Waals surface area contributed by atoms with Gasteiger partial charge < -0.3 is 14.6 Å². The van der Waals surface area contributed by atoms with Gasteiger partial charge in [-0.25, -0.2) is 9.59 Å². The molecule has 1 N–H and O–H groups in total. The quantitative estimate of drug-likeness (QED) is 0.167. The highest BCUT2D eigenvalue weighted by atomic mass is 16.5. The number of hydrogen-bond donors (Lipinski definition) is 1. The Morgan fingerprint density at radius 1 is 0.706 bits per heavy atom. The summed E-state index contributed by atoms with van der Waals surface area (Å²) in [6.07, 6.45) is 8.76. The lowest BCUT2D eigenvalue weighted by atomic mass is 10.1. The van der Waals surface area contributed by atoms with Crippen LogP contribution in [0.4, 0.5) is 0 Å². The summed E-state index contributed by atoms with van der Waals surface area (Å²) in [5.74, 6) is -0.385. The topological polar surface area (TPSA) is 72.8 Å². The Bertz CT molecular complexity index is 1040. The third kappa shape index (κ3) is 8.54. The minimum absolute atomic E-state index is 0.139. The second-order valence-corrected chi connectivity index (χ2v) is 7.91. The Balaban J connectivity index is 0.00000199. The molecule has 0 bridgehead atoms. The number of ether oxygens (including phenoxy) is 2. The molecule has 0 amide bonds. The maximum absolute atomic E-state index is 12.5. The van der Waals surface area contributed by atoms with Crippen LogP contribution in [0.5, 0.6) is 11.5 Å². The average molecular weight is 465 g/mol. The second kappa shape index (κ2) is 14.7. The van der Waals surface area contributed by atoms with Crippen molar-refractivity contribution < 1.29 is 24.2 Å². The fourth-order valence-electron chi connectivity index (χ4n) is 3.52. The van der Waals surface area contributed by atoms with E-state index in [1.54, 1.807) is 12.1 Å². The maximum atomic E-state index is 12.5. The Morgan fingerprint density at radius 2 is 1.26 bits per heavy atom. The molecule has 5 nitrogen and oxygen atoms in total. The van der Waals surface area contributed by atoms with Crippen molar-refractivity contribution in [2.45, 2.75) is 65.7 Å². The number of esters is 1. The van der Waals surface area contributed by atoms with E-state index in [4.69, 9.17) is 14.6 Å². The number of rotatable bonds is 12. The highest BCUT2D eigenvalue weighted by Crippen LogP contribution is 2.23. The fraction of sp³-hybridized carbons (Fsp3) is 0.379. The number of carbonyl (C=O) groups excluding carboxylic acids is 1. The van der Waals surface area contributed by atoms with Crippen molar-refractivity contribution in [3.63, 3.8) is 0 Å². The molecule has 0 aromatic heterocycles. The van der Waals surface area contributed by atoms with Gasteiger partial charge in [-0.1, -0.05) is 71.4 Å². The molecule has 0 aliphatic carbocycles. The number of benzene rings is 3. The summed E-state index contributed by atoms with van der Waals surface area (Å²) in [5.41, 5.74) is 0.567. The minimum atomic E-state index is -1.02. The predicted molar refractivity (Wildman–Crippen MR) is 137 cm³/mol. The van der Waals surface area contributed by atoms with Gasteiger partial charge in [-0.2, -0.15) is 0 Å². The zero-order valence-corrected chi connectivity index (χ0v) is 20.5. The van der Waals surface area contributed by atoms with Gasteiger partial charge in [0.1, 0.15) is 11.5 Å². The second-order valence-electron chi connectivity index (χ2n) is 7.91. The maximum Gasteiger partial charge on any atom is 0.343 e. The minimum Gasteiger partial charge on any atom is -0.494 e. The zero-order chi connectivity index (χ0) is 24.8. The highest BCUT2D eigenvalue weighted by molar-refractivity contribution is 5.96. The Kier molecular flexibility index (Phi) is 11.7. The highest BCUT2D eigenvalue weighted by Gasteiger charge is 2.11. The summed E-state index contributed by atoms with van der Waals surface area (Å²) < 4.78 is 11.2. The van der Waals surface area contributed by atoms with Gasteiger partial charge in [-0.05, 0) is 65.7 Å². The molecule has 0 spiro atoms. The number of carbonyl (C=O) groups is 2. The van der Waals surface area contributed by atoms with Crippen molar-refractivity contribution in [1.82, 2.24) is 0 Å². The molecule has 0 unspecified atom stereocenters. The van der Waals surface area contributed by atoms with Crippen LogP contribution in [0.1, 0.15) is 86.4 Å². The predicted octanol–water partition coefficient (Wildman–Crippen LogP) is 7.91. The lowest BCUT2D eigenvalue weighted by Crippen LogP contribution is -2.08. The van der Waals surface area contributed by atoms with Crippen LogP contribution in [0.15, 0.2) is 60.7 Å². The van der Waals surface area contributed by atoms with Crippen LogP contribution in [-0.2, 0) is 0 Å². The molecular formula is C29H36O5. The first-order chi connectivity index (χ1) is 16.6. The van der Waals surface area contributed by atoms with E-state index in [0.717, 1.165) is 22.9 Å². The first-order valence-electron chi connectivity index (χ1n) is 12.3. The number of unbranched alkanes of at least 4 members (excludes halogenated alkanes) is 6. The van der Waals surface area contributed by atoms with Gasteiger partial charge in [0.15, 0.2) is 0 Å². The van der Waals surface area contributed by atoms with Crippen molar-refractivity contribution in [1.29, 1.82) is 0 Å². The van der Waals surface area contributed by atoms with Crippen LogP contribution >= 0.6 is 0 Å². The molecule has 0 saturated carbocycles. The van der Waals surface area contributed by atoms with Gasteiger partial charge in [0.05, 0.1) is 17.7 Å². The van der Waals surface area contributed by atoms with Gasteiger partial charge in [-0.15, -0.1) is 0 Å². The van der Waals surface area contributed by atoms with Crippen molar-refractivity contribution in [2.24, 2.45) is 0 Å². The molecule has 3 aromatic carbocycles. The van der Waals surface area contributed by atoms with Gasteiger partial charge in [-0.3, -0.25) is 0 Å². The number of fused-ring (bicyclic) bond motifs is 1. The lowest BCUT2D eigenvalue weighted by molar-refractivity contribution is 0.0696. The third-order valence-electron chi connectivity index (χ3n) is 5.38. The first kappa shape index (κ1) is 26.9. The van der Waals surface area contributed by atoms with E-state index in [0.29, 0.717) is 17.9 Å². The van der Waals surface area contributed by atoms with E-state index < -0.39 is 11.9 Å². The smallest absolute Gasteiger partial charge is 0.343 e. The molecule has 0 fully saturated rings. The molecule has 0 atom stereocenters. The Hall–Kier alpha value is -3.34. The van der Waals surface area contributed by atoms with E-state index in [1.165, 1.54) is 62.8 Å². The molecule has 0 radical (unpaired) electrons. The lowest BCUT2D eigenvalue weighted by Gasteiger charge is -2.09. The van der Waals surface area contributed by atoms with E-state index in [1.807, 2.05) is 38.1 Å². The largest absolute Gasteiger partial charge is 0.494 e. The van der Waals surface area contributed by atoms with E-state index >= 15 is 0 Å². The van der Waals surface area contributed by atoms with Crippen molar-refractivity contribution in [2.75, 3.05) is 6.61 Å². The van der Waals surface area contributed by atoms with Crippen LogP contribution in [0.2, 0.25) is 0 Å². The van der Waals surface area contributed by atoms with E-state index in [9.17, 15) is 9.59 Å². The molecule has 182 valence electrons. The Labute approximate surface area is 202 Å². The van der Waals surface area contributed by atoms with E-state index in [2.05, 4.69) is 6.92 Å². The SMILES string of the molecule is CC.CCCCCCCCCOc1ccc2cc(C(=O)Oc3ccc(C(=O)O)cc3)ccc2c1. The van der Waals surface area contributed by atoms with Gasteiger partial charge in [0.25, 0.3) is 0 Å². The van der Waals surface area contributed by atoms with Crippen LogP contribution < -0.4 is 9.47 Å². The van der Waals surface area contributed by atoms with E-state index in [-0.39, 0.29) is 5.56 Å². The average Bonchev–Trinajstić information content (AvgIpc) is 2.86.